The van der Waals surface area contributed by atoms with E-state index in [1.807, 2.05) is 0 Å². The summed E-state index contributed by atoms with van der Waals surface area (Å²) in [5.74, 6) is -2.06. The van der Waals surface area contributed by atoms with Crippen LogP contribution >= 0.6 is 0 Å². The molecule has 1 aliphatic heterocycles. The first-order chi connectivity index (χ1) is 8.04. The second-order valence-corrected chi connectivity index (χ2v) is 3.95. The van der Waals surface area contributed by atoms with Crippen LogP contribution < -0.4 is 10.6 Å². The van der Waals surface area contributed by atoms with E-state index in [1.54, 1.807) is 0 Å². The van der Waals surface area contributed by atoms with Gasteiger partial charge in [-0.3, -0.25) is 9.59 Å². The van der Waals surface area contributed by atoms with Gasteiger partial charge in [0.1, 0.15) is 6.04 Å². The SMILES string of the molecule is O=C1CCC(C(=O)N[C@H](CCO)C(=O)O)CN1. The minimum atomic E-state index is -1.17. The number of nitrogens with one attached hydrogen (secondary N) is 2. The zero-order chi connectivity index (χ0) is 12.8. The molecular formula is C10H16N2O5. The molecule has 1 aliphatic rings. The maximum atomic E-state index is 11.7. The number of carbonyl (C=O) groups is 3. The Morgan fingerprint density at radius 3 is 2.71 bits per heavy atom. The van der Waals surface area contributed by atoms with Crippen LogP contribution in [0.4, 0.5) is 0 Å². The summed E-state index contributed by atoms with van der Waals surface area (Å²) < 4.78 is 0. The van der Waals surface area contributed by atoms with E-state index in [9.17, 15) is 14.4 Å². The van der Waals surface area contributed by atoms with Crippen LogP contribution in [0.1, 0.15) is 19.3 Å². The van der Waals surface area contributed by atoms with Gasteiger partial charge in [-0.15, -0.1) is 0 Å². The van der Waals surface area contributed by atoms with Gasteiger partial charge < -0.3 is 20.8 Å². The van der Waals surface area contributed by atoms with Crippen molar-refractivity contribution in [3.8, 4) is 0 Å². The average Bonchev–Trinajstić information content (AvgIpc) is 2.29. The van der Waals surface area contributed by atoms with Crippen LogP contribution in [-0.4, -0.2) is 47.2 Å². The van der Waals surface area contributed by atoms with Gasteiger partial charge in [0, 0.05) is 26.0 Å². The van der Waals surface area contributed by atoms with Crippen molar-refractivity contribution in [1.29, 1.82) is 0 Å². The van der Waals surface area contributed by atoms with Crippen molar-refractivity contribution in [2.45, 2.75) is 25.3 Å². The molecule has 4 N–H and O–H groups in total. The average molecular weight is 244 g/mol. The lowest BCUT2D eigenvalue weighted by atomic mass is 9.98. The minimum Gasteiger partial charge on any atom is -0.480 e. The Kier molecular flexibility index (Phi) is 4.89. The summed E-state index contributed by atoms with van der Waals surface area (Å²) in [5.41, 5.74) is 0. The highest BCUT2D eigenvalue weighted by atomic mass is 16.4. The molecule has 7 heteroatoms. The summed E-state index contributed by atoms with van der Waals surface area (Å²) >= 11 is 0. The number of hydrogen-bond donors (Lipinski definition) is 4. The normalized spacial score (nSPS) is 21.5. The maximum absolute atomic E-state index is 11.7. The van der Waals surface area contributed by atoms with Crippen molar-refractivity contribution in [3.05, 3.63) is 0 Å². The molecule has 0 radical (unpaired) electrons. The molecule has 1 unspecified atom stereocenters. The molecule has 1 heterocycles. The molecule has 1 fully saturated rings. The lowest BCUT2D eigenvalue weighted by Crippen LogP contribution is -2.48. The van der Waals surface area contributed by atoms with Crippen molar-refractivity contribution in [2.24, 2.45) is 5.92 Å². The van der Waals surface area contributed by atoms with Crippen LogP contribution in [0.25, 0.3) is 0 Å². The largest absolute Gasteiger partial charge is 0.480 e. The van der Waals surface area contributed by atoms with Gasteiger partial charge in [0.05, 0.1) is 5.92 Å². The summed E-state index contributed by atoms with van der Waals surface area (Å²) in [7, 11) is 0. The van der Waals surface area contributed by atoms with Crippen LogP contribution in [0.15, 0.2) is 0 Å². The molecule has 0 spiro atoms. The zero-order valence-corrected chi connectivity index (χ0v) is 9.31. The van der Waals surface area contributed by atoms with Crippen LogP contribution in [0.3, 0.4) is 0 Å². The van der Waals surface area contributed by atoms with Crippen molar-refractivity contribution in [1.82, 2.24) is 10.6 Å². The second kappa shape index (κ2) is 6.19. The Labute approximate surface area is 98.2 Å². The second-order valence-electron chi connectivity index (χ2n) is 3.95. The zero-order valence-electron chi connectivity index (χ0n) is 9.31. The summed E-state index contributed by atoms with van der Waals surface area (Å²) in [4.78, 5) is 33.3. The number of amides is 2. The molecule has 0 aromatic carbocycles. The molecule has 0 aliphatic carbocycles. The van der Waals surface area contributed by atoms with E-state index < -0.39 is 23.8 Å². The minimum absolute atomic E-state index is 0.0276. The molecule has 1 saturated heterocycles. The van der Waals surface area contributed by atoms with E-state index in [1.165, 1.54) is 0 Å². The molecule has 0 bridgehead atoms. The highest BCUT2D eigenvalue weighted by Gasteiger charge is 2.27. The summed E-state index contributed by atoms with van der Waals surface area (Å²) in [6, 6.07) is -1.08. The topological polar surface area (TPSA) is 116 Å². The third-order valence-electron chi connectivity index (χ3n) is 2.67. The highest BCUT2D eigenvalue weighted by molar-refractivity contribution is 5.87. The number of carbonyl (C=O) groups excluding carboxylic acids is 2. The van der Waals surface area contributed by atoms with Crippen LogP contribution in [0, 0.1) is 5.92 Å². The standard InChI is InChI=1S/C10H16N2O5/c13-4-3-7(10(16)17)12-9(15)6-1-2-8(14)11-5-6/h6-7,13H,1-5H2,(H,11,14)(H,12,15)(H,16,17)/t6?,7-/m1/s1. The van der Waals surface area contributed by atoms with Crippen LogP contribution in [-0.2, 0) is 14.4 Å². The van der Waals surface area contributed by atoms with Gasteiger partial charge in [0.15, 0.2) is 0 Å². The predicted molar refractivity (Wildman–Crippen MR) is 57.0 cm³/mol. The molecular weight excluding hydrogens is 228 g/mol. The van der Waals surface area contributed by atoms with E-state index in [0.29, 0.717) is 6.42 Å². The summed E-state index contributed by atoms with van der Waals surface area (Å²) in [5, 5.41) is 22.4. The number of piperidine rings is 1. The molecule has 17 heavy (non-hydrogen) atoms. The number of rotatable bonds is 5. The van der Waals surface area contributed by atoms with Gasteiger partial charge in [0.25, 0.3) is 0 Å². The first kappa shape index (κ1) is 13.4. The Bertz CT molecular complexity index is 308. The Morgan fingerprint density at radius 2 is 2.24 bits per heavy atom. The van der Waals surface area contributed by atoms with E-state index in [-0.39, 0.29) is 31.9 Å². The lowest BCUT2D eigenvalue weighted by Gasteiger charge is -2.23. The number of hydrogen-bond acceptors (Lipinski definition) is 4. The molecule has 2 amide bonds. The molecule has 1 rings (SSSR count). The van der Waals surface area contributed by atoms with E-state index in [4.69, 9.17) is 10.2 Å². The number of carboxylic acid groups (broad SMARTS) is 1. The monoisotopic (exact) mass is 244 g/mol. The fraction of sp³-hybridized carbons (Fsp3) is 0.700. The quantitative estimate of drug-likeness (QED) is 0.468. The first-order valence-corrected chi connectivity index (χ1v) is 5.45. The lowest BCUT2D eigenvalue weighted by molar-refractivity contribution is -0.143. The molecule has 96 valence electrons. The van der Waals surface area contributed by atoms with E-state index in [2.05, 4.69) is 10.6 Å². The van der Waals surface area contributed by atoms with Gasteiger partial charge in [-0.25, -0.2) is 4.79 Å². The number of aliphatic carboxylic acids is 1. The fourth-order valence-corrected chi connectivity index (χ4v) is 1.63. The maximum Gasteiger partial charge on any atom is 0.326 e. The first-order valence-electron chi connectivity index (χ1n) is 5.45. The van der Waals surface area contributed by atoms with Gasteiger partial charge >= 0.3 is 5.97 Å². The van der Waals surface area contributed by atoms with Gasteiger partial charge in [0.2, 0.25) is 11.8 Å². The third-order valence-corrected chi connectivity index (χ3v) is 2.67. The summed E-state index contributed by atoms with van der Waals surface area (Å²) in [6.45, 7) is -0.0746. The van der Waals surface area contributed by atoms with Crippen molar-refractivity contribution in [2.75, 3.05) is 13.2 Å². The van der Waals surface area contributed by atoms with Crippen LogP contribution in [0.5, 0.6) is 0 Å². The van der Waals surface area contributed by atoms with Crippen molar-refractivity contribution >= 4 is 17.8 Å². The summed E-state index contributed by atoms with van der Waals surface area (Å²) in [6.07, 6.45) is 0.666. The Balaban J connectivity index is 2.46. The number of aliphatic hydroxyl groups excluding tert-OH is 1. The van der Waals surface area contributed by atoms with Gasteiger partial charge in [-0.05, 0) is 6.42 Å². The smallest absolute Gasteiger partial charge is 0.326 e. The molecule has 7 nitrogen and oxygen atoms in total. The molecule has 0 saturated carbocycles. The molecule has 0 aromatic heterocycles. The predicted octanol–water partition coefficient (Wildman–Crippen LogP) is -1.54. The molecule has 0 aromatic rings. The number of carboxylic acids is 1. The van der Waals surface area contributed by atoms with E-state index in [0.717, 1.165) is 0 Å². The Morgan fingerprint density at radius 1 is 1.53 bits per heavy atom. The Hall–Kier alpha value is -1.63. The third kappa shape index (κ3) is 4.03. The highest BCUT2D eigenvalue weighted by Crippen LogP contribution is 2.11. The van der Waals surface area contributed by atoms with Gasteiger partial charge in [-0.2, -0.15) is 0 Å². The molecule has 2 atom stereocenters. The van der Waals surface area contributed by atoms with Crippen molar-refractivity contribution < 1.29 is 24.6 Å². The van der Waals surface area contributed by atoms with Crippen molar-refractivity contribution in [3.63, 3.8) is 0 Å². The van der Waals surface area contributed by atoms with Crippen LogP contribution in [0.2, 0.25) is 0 Å². The fourth-order valence-electron chi connectivity index (χ4n) is 1.63. The van der Waals surface area contributed by atoms with E-state index >= 15 is 0 Å². The van der Waals surface area contributed by atoms with Gasteiger partial charge in [-0.1, -0.05) is 0 Å². The number of aliphatic hydroxyl groups is 1.